The predicted molar refractivity (Wildman–Crippen MR) is 79.0 cm³/mol. The van der Waals surface area contributed by atoms with E-state index in [0.29, 0.717) is 0 Å². The molecule has 0 radical (unpaired) electrons. The summed E-state index contributed by atoms with van der Waals surface area (Å²) in [6.45, 7) is 1.13. The monoisotopic (exact) mass is 361 g/mol. The minimum Gasteiger partial charge on any atom is -0.326 e. The third-order valence-corrected chi connectivity index (χ3v) is 4.79. The Morgan fingerprint density at radius 3 is 2.35 bits per heavy atom. The average molecular weight is 361 g/mol. The molecule has 0 heterocycles. The van der Waals surface area contributed by atoms with Gasteiger partial charge in [-0.05, 0) is 23.6 Å². The first-order valence-electron chi connectivity index (χ1n) is 5.96. The number of nitrogens with one attached hydrogen (secondary N) is 1. The molecule has 11 heteroatoms. The second kappa shape index (κ2) is 5.86. The van der Waals surface area contributed by atoms with Crippen LogP contribution in [0, 0.1) is 0 Å². The topological polar surface area (TPSA) is 147 Å². The van der Waals surface area contributed by atoms with E-state index in [1.54, 1.807) is 0 Å². The molecule has 0 spiro atoms. The first-order chi connectivity index (χ1) is 10.6. The van der Waals surface area contributed by atoms with Crippen molar-refractivity contribution in [3.8, 4) is 0 Å². The lowest BCUT2D eigenvalue weighted by Crippen LogP contribution is -2.10. The summed E-state index contributed by atoms with van der Waals surface area (Å²) in [4.78, 5) is 10.3. The summed E-state index contributed by atoms with van der Waals surface area (Å²) in [6, 6.07) is 5.67. The van der Waals surface area contributed by atoms with Gasteiger partial charge in [0, 0.05) is 12.3 Å². The highest BCUT2D eigenvalue weighted by Gasteiger charge is 2.23. The molecule has 124 valence electrons. The quantitative estimate of drug-likeness (QED) is 0.418. The van der Waals surface area contributed by atoms with E-state index >= 15 is 0 Å². The Morgan fingerprint density at radius 1 is 1.17 bits per heavy atom. The van der Waals surface area contributed by atoms with Gasteiger partial charge in [0.05, 0.1) is 10.6 Å². The molecule has 23 heavy (non-hydrogen) atoms. The van der Waals surface area contributed by atoms with Gasteiger partial charge in [0.15, 0.2) is 0 Å². The van der Waals surface area contributed by atoms with Crippen LogP contribution >= 0.6 is 0 Å². The van der Waals surface area contributed by atoms with Crippen LogP contribution in [0.5, 0.6) is 0 Å². The summed E-state index contributed by atoms with van der Waals surface area (Å²) in [6.07, 6.45) is 0. The molecule has 2 aromatic rings. The van der Waals surface area contributed by atoms with Gasteiger partial charge < -0.3 is 5.32 Å². The van der Waals surface area contributed by atoms with Crippen molar-refractivity contribution in [2.45, 2.75) is 16.7 Å². The molecule has 0 aliphatic heterocycles. The molecule has 3 N–H and O–H groups in total. The first-order valence-corrected chi connectivity index (χ1v) is 8.81. The van der Waals surface area contributed by atoms with Crippen LogP contribution in [0.2, 0.25) is 0 Å². The maximum absolute atomic E-state index is 11.8. The summed E-state index contributed by atoms with van der Waals surface area (Å²) in [5, 5.41) is 10.8. The van der Waals surface area contributed by atoms with Crippen LogP contribution in [0.3, 0.4) is 0 Å². The van der Waals surface area contributed by atoms with E-state index in [4.69, 9.17) is 9.81 Å². The Hall–Kier alpha value is -2.05. The van der Waals surface area contributed by atoms with E-state index in [1.807, 2.05) is 0 Å². The van der Waals surface area contributed by atoms with Crippen molar-refractivity contribution in [2.24, 2.45) is 0 Å². The van der Waals surface area contributed by atoms with E-state index in [0.717, 1.165) is 25.1 Å². The maximum atomic E-state index is 11.8. The molecule has 0 aliphatic carbocycles. The number of carbonyl (C=O) groups is 1. The van der Waals surface area contributed by atoms with Crippen molar-refractivity contribution in [2.75, 3.05) is 5.32 Å². The zero-order chi connectivity index (χ0) is 17.4. The minimum absolute atomic E-state index is 0.0795. The second-order valence-electron chi connectivity index (χ2n) is 4.51. The van der Waals surface area contributed by atoms with Crippen LogP contribution in [0.1, 0.15) is 6.92 Å². The Balaban J connectivity index is 2.97. The summed E-state index contributed by atoms with van der Waals surface area (Å²) in [7, 11) is -9.13. The lowest BCUT2D eigenvalue weighted by atomic mass is 10.1. The summed E-state index contributed by atoms with van der Waals surface area (Å²) in [5.74, 6) is -0.601. The van der Waals surface area contributed by atoms with Crippen molar-refractivity contribution in [1.29, 1.82) is 0 Å². The molecule has 0 bridgehead atoms. The zero-order valence-corrected chi connectivity index (χ0v) is 13.2. The van der Waals surface area contributed by atoms with Crippen molar-refractivity contribution in [3.63, 3.8) is 0 Å². The van der Waals surface area contributed by atoms with Crippen molar-refractivity contribution in [1.82, 2.24) is 0 Å². The SMILES string of the molecule is CC(=O)Nc1cc(S(=O)(=O)O)cc2cccc(S(=O)(=O)OO)c12. The van der Waals surface area contributed by atoms with Gasteiger partial charge in [0.1, 0.15) is 4.90 Å². The number of hydrogen-bond donors (Lipinski definition) is 3. The Kier molecular flexibility index (Phi) is 4.41. The molecule has 0 atom stereocenters. The molecule has 0 aromatic heterocycles. The summed E-state index contributed by atoms with van der Waals surface area (Å²) < 4.78 is 58.8. The number of rotatable bonds is 4. The first kappa shape index (κ1) is 17.3. The largest absolute Gasteiger partial charge is 0.326 e. The van der Waals surface area contributed by atoms with Gasteiger partial charge in [0.2, 0.25) is 5.91 Å². The molecular weight excluding hydrogens is 350 g/mol. The average Bonchev–Trinajstić information content (AvgIpc) is 2.44. The second-order valence-corrected chi connectivity index (χ2v) is 7.43. The van der Waals surface area contributed by atoms with Crippen LogP contribution in [-0.4, -0.2) is 32.6 Å². The fourth-order valence-corrected chi connectivity index (χ4v) is 3.40. The van der Waals surface area contributed by atoms with Gasteiger partial charge in [-0.2, -0.15) is 16.8 Å². The normalized spacial score (nSPS) is 12.3. The standard InChI is InChI=1S/C12H11NO8S2/c1-7(14)13-10-6-9(22(16,17)18)5-8-3-2-4-11(12(8)10)23(19,20)21-15/h2-6,15H,1H3,(H,13,14)(H,16,17,18). The summed E-state index contributed by atoms with van der Waals surface area (Å²) in [5.41, 5.74) is -0.182. The molecule has 9 nitrogen and oxygen atoms in total. The van der Waals surface area contributed by atoms with Gasteiger partial charge >= 0.3 is 10.1 Å². The van der Waals surface area contributed by atoms with Gasteiger partial charge in [0.25, 0.3) is 10.1 Å². The number of fused-ring (bicyclic) bond motifs is 1. The van der Waals surface area contributed by atoms with Crippen LogP contribution in [0.15, 0.2) is 40.1 Å². The lowest BCUT2D eigenvalue weighted by molar-refractivity contribution is -0.130. The molecule has 0 unspecified atom stereocenters. The molecule has 0 fully saturated rings. The third-order valence-electron chi connectivity index (χ3n) is 2.89. The van der Waals surface area contributed by atoms with Crippen molar-refractivity contribution in [3.05, 3.63) is 30.3 Å². The van der Waals surface area contributed by atoms with Crippen LogP contribution in [0.25, 0.3) is 10.8 Å². The van der Waals surface area contributed by atoms with Crippen molar-refractivity contribution >= 4 is 42.6 Å². The Bertz CT molecular complexity index is 995. The van der Waals surface area contributed by atoms with Crippen molar-refractivity contribution < 1.29 is 35.8 Å². The minimum atomic E-state index is -4.59. The number of anilines is 1. The van der Waals surface area contributed by atoms with Crippen LogP contribution < -0.4 is 5.32 Å². The fraction of sp³-hybridized carbons (Fsp3) is 0.0833. The van der Waals surface area contributed by atoms with Gasteiger partial charge in [-0.15, -0.1) is 4.33 Å². The van der Waals surface area contributed by atoms with Gasteiger partial charge in [-0.1, -0.05) is 12.1 Å². The highest BCUT2D eigenvalue weighted by atomic mass is 32.2. The molecule has 2 rings (SSSR count). The van der Waals surface area contributed by atoms with Gasteiger partial charge in [-0.3, -0.25) is 9.35 Å². The third kappa shape index (κ3) is 3.48. The molecule has 0 aliphatic rings. The van der Waals surface area contributed by atoms with Gasteiger partial charge in [-0.25, -0.2) is 5.26 Å². The molecule has 0 saturated heterocycles. The van der Waals surface area contributed by atoms with E-state index in [2.05, 4.69) is 9.65 Å². The fourth-order valence-electron chi connectivity index (χ4n) is 2.05. The number of benzene rings is 2. The Morgan fingerprint density at radius 2 is 1.83 bits per heavy atom. The van der Waals surface area contributed by atoms with E-state index < -0.39 is 35.9 Å². The molecule has 0 saturated carbocycles. The highest BCUT2D eigenvalue weighted by molar-refractivity contribution is 7.87. The Labute approximate surface area is 131 Å². The van der Waals surface area contributed by atoms with E-state index in [9.17, 15) is 21.6 Å². The predicted octanol–water partition coefficient (Wildman–Crippen LogP) is 1.22. The van der Waals surface area contributed by atoms with E-state index in [-0.39, 0.29) is 16.5 Å². The number of hydrogen-bond acceptors (Lipinski definition) is 7. The molecule has 2 aromatic carbocycles. The van der Waals surface area contributed by atoms with Crippen LogP contribution in [-0.2, 0) is 29.4 Å². The smallest absolute Gasteiger partial charge is 0.323 e. The zero-order valence-electron chi connectivity index (χ0n) is 11.5. The lowest BCUT2D eigenvalue weighted by Gasteiger charge is -2.12. The summed E-state index contributed by atoms with van der Waals surface area (Å²) >= 11 is 0. The molecule has 1 amide bonds. The number of carbonyl (C=O) groups excluding carboxylic acids is 1. The van der Waals surface area contributed by atoms with Crippen LogP contribution in [0.4, 0.5) is 5.69 Å². The molecular formula is C12H11NO8S2. The highest BCUT2D eigenvalue weighted by Crippen LogP contribution is 2.33. The maximum Gasteiger partial charge on any atom is 0.323 e. The van der Waals surface area contributed by atoms with E-state index in [1.165, 1.54) is 12.1 Å². The number of amides is 1.